The highest BCUT2D eigenvalue weighted by molar-refractivity contribution is 5.50. The van der Waals surface area contributed by atoms with Gasteiger partial charge in [0.2, 0.25) is 0 Å². The zero-order valence-corrected chi connectivity index (χ0v) is 10.0. The third-order valence-electron chi connectivity index (χ3n) is 1.04. The molecule has 0 amide bonds. The van der Waals surface area contributed by atoms with E-state index >= 15 is 0 Å². The second-order valence-corrected chi connectivity index (χ2v) is 3.08. The topological polar surface area (TPSA) is 127 Å². The molecule has 6 N–H and O–H groups in total. The van der Waals surface area contributed by atoms with E-state index in [4.69, 9.17) is 21.7 Å². The van der Waals surface area contributed by atoms with Crippen molar-refractivity contribution >= 4 is 12.6 Å². The van der Waals surface area contributed by atoms with Crippen molar-refractivity contribution in [2.45, 2.75) is 38.9 Å². The largest absolute Gasteiger partial charge is 0.393 e. The Labute approximate surface area is 96.6 Å². The van der Waals surface area contributed by atoms with Crippen LogP contribution in [0.4, 0.5) is 0 Å². The summed E-state index contributed by atoms with van der Waals surface area (Å²) in [6.07, 6.45) is 0.958. The Kier molecular flexibility index (Phi) is 25.3. The first-order valence-electron chi connectivity index (χ1n) is 5.09. The molecule has 0 heterocycles. The minimum absolute atomic E-state index is 0.250. The third-order valence-corrected chi connectivity index (χ3v) is 1.04. The van der Waals surface area contributed by atoms with Crippen molar-refractivity contribution < 1.29 is 19.8 Å². The Hall–Kier alpha value is -0.820. The molecule has 0 spiro atoms. The van der Waals surface area contributed by atoms with Crippen LogP contribution in [0.2, 0.25) is 0 Å². The van der Waals surface area contributed by atoms with Gasteiger partial charge in [-0.2, -0.15) is 0 Å². The molecule has 2 unspecified atom stereocenters. The second-order valence-electron chi connectivity index (χ2n) is 3.08. The van der Waals surface area contributed by atoms with Crippen molar-refractivity contribution in [3.63, 3.8) is 0 Å². The van der Waals surface area contributed by atoms with Crippen LogP contribution in [0.5, 0.6) is 0 Å². The molecule has 16 heavy (non-hydrogen) atoms. The van der Waals surface area contributed by atoms with Crippen molar-refractivity contribution in [2.75, 3.05) is 13.1 Å². The number of carbonyl (C=O) groups is 2. The average molecular weight is 236 g/mol. The van der Waals surface area contributed by atoms with E-state index in [1.165, 1.54) is 0 Å². The molecule has 0 radical (unpaired) electrons. The summed E-state index contributed by atoms with van der Waals surface area (Å²) in [4.78, 5) is 18.9. The lowest BCUT2D eigenvalue weighted by atomic mass is 10.3. The molecule has 0 aliphatic heterocycles. The van der Waals surface area contributed by atoms with Crippen LogP contribution in [0.1, 0.15) is 26.7 Å². The summed E-state index contributed by atoms with van der Waals surface area (Å²) in [5, 5.41) is 16.6. The summed E-state index contributed by atoms with van der Waals surface area (Å²) in [5.74, 6) is 0. The van der Waals surface area contributed by atoms with Crippen LogP contribution >= 0.6 is 0 Å². The number of aliphatic hydroxyl groups excluding tert-OH is 2. The zero-order chi connectivity index (χ0) is 13.4. The van der Waals surface area contributed by atoms with Crippen LogP contribution in [0.15, 0.2) is 0 Å². The number of rotatable bonds is 5. The molecule has 2 atom stereocenters. The smallest absolute Gasteiger partial charge is 0.122 e. The molecule has 0 saturated carbocycles. The van der Waals surface area contributed by atoms with Gasteiger partial charge in [0.25, 0.3) is 0 Å². The van der Waals surface area contributed by atoms with E-state index in [9.17, 15) is 9.59 Å². The minimum Gasteiger partial charge on any atom is -0.393 e. The van der Waals surface area contributed by atoms with Crippen molar-refractivity contribution in [1.82, 2.24) is 0 Å². The van der Waals surface area contributed by atoms with Crippen molar-refractivity contribution in [1.29, 1.82) is 0 Å². The number of hydrogen-bond donors (Lipinski definition) is 4. The average Bonchev–Trinajstić information content (AvgIpc) is 2.18. The van der Waals surface area contributed by atoms with Gasteiger partial charge in [-0.15, -0.1) is 0 Å². The van der Waals surface area contributed by atoms with Gasteiger partial charge in [-0.05, 0) is 13.8 Å². The maximum atomic E-state index is 9.46. The SMILES string of the molecule is CC(O)CC=O.CC(O)CC=O.NCCN. The fourth-order valence-corrected chi connectivity index (χ4v) is 0.279. The summed E-state index contributed by atoms with van der Waals surface area (Å²) < 4.78 is 0. The third kappa shape index (κ3) is 51.2. The number of aliphatic hydroxyl groups is 2. The Balaban J connectivity index is -0.000000162. The van der Waals surface area contributed by atoms with Gasteiger partial charge in [0, 0.05) is 25.9 Å². The van der Waals surface area contributed by atoms with Gasteiger partial charge in [-0.3, -0.25) is 0 Å². The number of hydrogen-bond acceptors (Lipinski definition) is 6. The van der Waals surface area contributed by atoms with Gasteiger partial charge in [0.15, 0.2) is 0 Å². The molecule has 6 heteroatoms. The molecule has 0 aliphatic carbocycles. The molecule has 6 nitrogen and oxygen atoms in total. The van der Waals surface area contributed by atoms with E-state index in [1.54, 1.807) is 13.8 Å². The maximum Gasteiger partial charge on any atom is 0.122 e. The lowest BCUT2D eigenvalue weighted by Crippen LogP contribution is -2.11. The highest BCUT2D eigenvalue weighted by atomic mass is 16.3. The van der Waals surface area contributed by atoms with Crippen LogP contribution < -0.4 is 11.5 Å². The van der Waals surface area contributed by atoms with E-state index < -0.39 is 12.2 Å². The summed E-state index contributed by atoms with van der Waals surface area (Å²) in [5.41, 5.74) is 9.81. The lowest BCUT2D eigenvalue weighted by Gasteiger charge is -1.89. The minimum atomic E-state index is -0.470. The molecular formula is C10H24N2O4. The van der Waals surface area contributed by atoms with Gasteiger partial charge >= 0.3 is 0 Å². The monoisotopic (exact) mass is 236 g/mol. The van der Waals surface area contributed by atoms with Crippen LogP contribution in [-0.4, -0.2) is 48.1 Å². The van der Waals surface area contributed by atoms with E-state index in [0.29, 0.717) is 25.7 Å². The molecule has 0 aromatic carbocycles. The van der Waals surface area contributed by atoms with E-state index in [2.05, 4.69) is 0 Å². The van der Waals surface area contributed by atoms with Crippen molar-refractivity contribution in [3.8, 4) is 0 Å². The Morgan fingerprint density at radius 3 is 1.19 bits per heavy atom. The molecule has 0 rings (SSSR count). The zero-order valence-electron chi connectivity index (χ0n) is 10.0. The molecule has 0 aliphatic rings. The van der Waals surface area contributed by atoms with Gasteiger partial charge < -0.3 is 31.3 Å². The van der Waals surface area contributed by atoms with Crippen LogP contribution in [0.3, 0.4) is 0 Å². The Bertz CT molecular complexity index is 125. The standard InChI is InChI=1S/2C4H8O2.C2H8N2/c2*1-4(6)2-3-5;3-1-2-4/h2*3-4,6H,2H2,1H3;1-4H2. The predicted molar refractivity (Wildman–Crippen MR) is 62.8 cm³/mol. The molecule has 0 saturated heterocycles. The fraction of sp³-hybridized carbons (Fsp3) is 0.800. The van der Waals surface area contributed by atoms with E-state index in [-0.39, 0.29) is 12.8 Å². The van der Waals surface area contributed by atoms with Crippen molar-refractivity contribution in [3.05, 3.63) is 0 Å². The highest BCUT2D eigenvalue weighted by Crippen LogP contribution is 1.80. The summed E-state index contributed by atoms with van der Waals surface area (Å²) in [6.45, 7) is 4.35. The molecular weight excluding hydrogens is 212 g/mol. The van der Waals surface area contributed by atoms with Gasteiger partial charge in [-0.25, -0.2) is 0 Å². The van der Waals surface area contributed by atoms with Gasteiger partial charge in [0.05, 0.1) is 12.2 Å². The Morgan fingerprint density at radius 1 is 0.938 bits per heavy atom. The first-order valence-corrected chi connectivity index (χ1v) is 5.09. The first kappa shape index (κ1) is 20.6. The summed E-state index contributed by atoms with van der Waals surface area (Å²) in [6, 6.07) is 0. The van der Waals surface area contributed by atoms with E-state index in [1.807, 2.05) is 0 Å². The van der Waals surface area contributed by atoms with E-state index in [0.717, 1.165) is 0 Å². The predicted octanol–water partition coefficient (Wildman–Crippen LogP) is -1.18. The van der Waals surface area contributed by atoms with Crippen molar-refractivity contribution in [2.24, 2.45) is 11.5 Å². The quantitative estimate of drug-likeness (QED) is 0.445. The summed E-state index contributed by atoms with van der Waals surface area (Å²) in [7, 11) is 0. The first-order chi connectivity index (χ1) is 7.45. The second kappa shape index (κ2) is 19.7. The van der Waals surface area contributed by atoms with Crippen LogP contribution in [0, 0.1) is 0 Å². The molecule has 0 bridgehead atoms. The number of nitrogens with two attached hydrogens (primary N) is 2. The Morgan fingerprint density at radius 2 is 1.19 bits per heavy atom. The summed E-state index contributed by atoms with van der Waals surface area (Å²) >= 11 is 0. The molecule has 0 aromatic heterocycles. The lowest BCUT2D eigenvalue weighted by molar-refractivity contribution is -0.110. The number of aldehydes is 2. The molecule has 0 fully saturated rings. The van der Waals surface area contributed by atoms with Crippen LogP contribution in [-0.2, 0) is 9.59 Å². The molecule has 98 valence electrons. The van der Waals surface area contributed by atoms with Gasteiger partial charge in [-0.1, -0.05) is 0 Å². The van der Waals surface area contributed by atoms with Crippen LogP contribution in [0.25, 0.3) is 0 Å². The number of carbonyl (C=O) groups excluding carboxylic acids is 2. The van der Waals surface area contributed by atoms with Gasteiger partial charge in [0.1, 0.15) is 12.6 Å². The normalized spacial score (nSPS) is 12.1. The highest BCUT2D eigenvalue weighted by Gasteiger charge is 1.88. The molecule has 0 aromatic rings. The fourth-order valence-electron chi connectivity index (χ4n) is 0.279. The maximum absolute atomic E-state index is 9.46.